The number of fused-ring (bicyclic) bond motifs is 4. The van der Waals surface area contributed by atoms with E-state index in [4.69, 9.17) is 23.2 Å². The Morgan fingerprint density at radius 3 is 2.23 bits per heavy atom. The summed E-state index contributed by atoms with van der Waals surface area (Å²) in [6.07, 6.45) is 2.14. The summed E-state index contributed by atoms with van der Waals surface area (Å²) in [7, 11) is 0. The van der Waals surface area contributed by atoms with Crippen LogP contribution in [0, 0.1) is 31.6 Å². The molecule has 1 saturated carbocycles. The van der Waals surface area contributed by atoms with Crippen molar-refractivity contribution in [3.63, 3.8) is 0 Å². The maximum Gasteiger partial charge on any atom is 0.254 e. The molecule has 0 radical (unpaired) electrons. The number of para-hydroxylation sites is 1. The molecule has 39 heavy (non-hydrogen) atoms. The Hall–Kier alpha value is -2.68. The second-order valence-corrected chi connectivity index (χ2v) is 12.6. The SMILES string of the molecule is Cc1cc(C2C3=CCC4C(=O)N(c5ccccc5)C(=O)C4C3CC3(Cl)C(=O)N(CBr)C(=O)C23Cl)cc(C)c1O. The molecule has 10 heteroatoms. The Kier molecular flexibility index (Phi) is 6.06. The highest BCUT2D eigenvalue weighted by atomic mass is 79.9. The number of halogens is 3. The molecule has 7 nitrogen and oxygen atoms in total. The average Bonchev–Trinajstić information content (AvgIpc) is 3.25. The molecule has 6 atom stereocenters. The first kappa shape index (κ1) is 26.5. The van der Waals surface area contributed by atoms with Crippen LogP contribution in [0.25, 0.3) is 0 Å². The van der Waals surface area contributed by atoms with Crippen molar-refractivity contribution in [3.05, 3.63) is 70.8 Å². The molecule has 2 aliphatic carbocycles. The Bertz CT molecular complexity index is 1470. The summed E-state index contributed by atoms with van der Waals surface area (Å²) >= 11 is 17.7. The van der Waals surface area contributed by atoms with E-state index in [9.17, 15) is 24.3 Å². The fourth-order valence-electron chi connectivity index (χ4n) is 7.11. The lowest BCUT2D eigenvalue weighted by Gasteiger charge is -2.51. The number of aromatic hydroxyl groups is 1. The van der Waals surface area contributed by atoms with Crippen molar-refractivity contribution in [2.45, 2.75) is 42.4 Å². The predicted octanol–water partition coefficient (Wildman–Crippen LogP) is 4.92. The summed E-state index contributed by atoms with van der Waals surface area (Å²) < 4.78 is 0. The molecule has 0 bridgehead atoms. The molecule has 2 heterocycles. The quantitative estimate of drug-likeness (QED) is 0.225. The molecular formula is C29H25BrCl2N2O5. The molecule has 2 saturated heterocycles. The maximum absolute atomic E-state index is 13.9. The van der Waals surface area contributed by atoms with Gasteiger partial charge in [0.2, 0.25) is 11.8 Å². The van der Waals surface area contributed by atoms with Gasteiger partial charge in [0.05, 0.1) is 23.0 Å². The number of alkyl halides is 3. The average molecular weight is 632 g/mol. The topological polar surface area (TPSA) is 95.0 Å². The van der Waals surface area contributed by atoms with Gasteiger partial charge < -0.3 is 5.11 Å². The third-order valence-electron chi connectivity index (χ3n) is 8.88. The number of allylic oxidation sites excluding steroid dienone is 2. The van der Waals surface area contributed by atoms with Crippen LogP contribution in [0.5, 0.6) is 5.75 Å². The van der Waals surface area contributed by atoms with Gasteiger partial charge in [0.15, 0.2) is 9.75 Å². The van der Waals surface area contributed by atoms with Crippen LogP contribution in [0.2, 0.25) is 0 Å². The first-order valence-corrected chi connectivity index (χ1v) is 14.6. The zero-order valence-electron chi connectivity index (χ0n) is 21.2. The van der Waals surface area contributed by atoms with E-state index in [0.717, 1.165) is 10.5 Å². The standard InChI is InChI=1S/C29H25BrCl2N2O5/c1-14-10-16(11-15(2)23(14)35)22-18-8-9-19-21(25(37)34(24(19)36)17-6-4-3-5-7-17)20(18)12-28(31)26(38)33(13-30)27(39)29(22,28)32/h3-8,10-11,19-22,35H,9,12-13H2,1-2H3. The van der Waals surface area contributed by atoms with Crippen LogP contribution in [-0.4, -0.2) is 48.8 Å². The van der Waals surface area contributed by atoms with Crippen LogP contribution in [0.3, 0.4) is 0 Å². The van der Waals surface area contributed by atoms with Gasteiger partial charge in [-0.25, -0.2) is 0 Å². The Labute approximate surface area is 243 Å². The lowest BCUT2D eigenvalue weighted by Crippen LogP contribution is -2.60. The molecule has 6 rings (SSSR count). The number of phenolic OH excluding ortho intramolecular Hbond substituents is 1. The van der Waals surface area contributed by atoms with Gasteiger partial charge in [0.25, 0.3) is 11.8 Å². The largest absolute Gasteiger partial charge is 0.507 e. The number of carbonyl (C=O) groups is 4. The van der Waals surface area contributed by atoms with Gasteiger partial charge >= 0.3 is 0 Å². The van der Waals surface area contributed by atoms with Crippen LogP contribution in [0.4, 0.5) is 5.69 Å². The molecule has 2 aliphatic heterocycles. The molecule has 2 aromatic carbocycles. The lowest BCUT2D eigenvalue weighted by molar-refractivity contribution is -0.138. The van der Waals surface area contributed by atoms with Crippen LogP contribution in [0.1, 0.15) is 35.4 Å². The summed E-state index contributed by atoms with van der Waals surface area (Å²) in [6, 6.07) is 12.3. The monoisotopic (exact) mass is 630 g/mol. The molecule has 0 spiro atoms. The van der Waals surface area contributed by atoms with E-state index >= 15 is 0 Å². The molecular weight excluding hydrogens is 607 g/mol. The fraction of sp³-hybridized carbons (Fsp3) is 0.379. The molecule has 1 N–H and O–H groups in total. The van der Waals surface area contributed by atoms with Crippen molar-refractivity contribution in [1.82, 2.24) is 4.90 Å². The number of aryl methyl sites for hydroxylation is 2. The van der Waals surface area contributed by atoms with Crippen LogP contribution >= 0.6 is 39.1 Å². The van der Waals surface area contributed by atoms with E-state index in [1.54, 1.807) is 50.2 Å². The lowest BCUT2D eigenvalue weighted by atomic mass is 9.56. The zero-order chi connectivity index (χ0) is 28.0. The molecule has 4 aliphatic rings. The summed E-state index contributed by atoms with van der Waals surface area (Å²) in [5.41, 5.74) is 2.91. The zero-order valence-corrected chi connectivity index (χ0v) is 24.3. The van der Waals surface area contributed by atoms with E-state index in [1.165, 1.54) is 4.90 Å². The molecule has 3 fully saturated rings. The Balaban J connectivity index is 1.55. The van der Waals surface area contributed by atoms with E-state index in [1.807, 2.05) is 12.1 Å². The Morgan fingerprint density at radius 2 is 1.62 bits per heavy atom. The maximum atomic E-state index is 13.9. The van der Waals surface area contributed by atoms with Crippen molar-refractivity contribution in [2.75, 3.05) is 10.4 Å². The summed E-state index contributed by atoms with van der Waals surface area (Å²) in [6.45, 7) is 3.49. The van der Waals surface area contributed by atoms with Gasteiger partial charge in [-0.1, -0.05) is 57.9 Å². The highest BCUT2D eigenvalue weighted by molar-refractivity contribution is 9.09. The summed E-state index contributed by atoms with van der Waals surface area (Å²) in [5.74, 6) is -4.58. The van der Waals surface area contributed by atoms with Crippen molar-refractivity contribution in [2.24, 2.45) is 17.8 Å². The van der Waals surface area contributed by atoms with E-state index in [-0.39, 0.29) is 29.4 Å². The predicted molar refractivity (Wildman–Crippen MR) is 150 cm³/mol. The number of carbonyl (C=O) groups excluding carboxylic acids is 4. The second-order valence-electron chi connectivity index (χ2n) is 10.8. The molecule has 4 amide bonds. The highest BCUT2D eigenvalue weighted by Gasteiger charge is 2.76. The van der Waals surface area contributed by atoms with Gasteiger partial charge in [-0.05, 0) is 61.4 Å². The number of phenols is 1. The molecule has 6 unspecified atom stereocenters. The minimum absolute atomic E-state index is 0.0622. The smallest absolute Gasteiger partial charge is 0.254 e. The second kappa shape index (κ2) is 8.91. The summed E-state index contributed by atoms with van der Waals surface area (Å²) in [5, 5.41) is 10.5. The minimum atomic E-state index is -1.87. The number of hydrogen-bond donors (Lipinski definition) is 1. The number of amides is 4. The molecule has 202 valence electrons. The van der Waals surface area contributed by atoms with Crippen LogP contribution in [-0.2, 0) is 19.2 Å². The number of likely N-dealkylation sites (tertiary alicyclic amines) is 1. The number of hydrogen-bond acceptors (Lipinski definition) is 5. The first-order chi connectivity index (χ1) is 18.5. The van der Waals surface area contributed by atoms with E-state index < -0.39 is 45.2 Å². The van der Waals surface area contributed by atoms with Crippen molar-refractivity contribution in [3.8, 4) is 5.75 Å². The number of rotatable bonds is 3. The van der Waals surface area contributed by atoms with Crippen molar-refractivity contribution < 1.29 is 24.3 Å². The van der Waals surface area contributed by atoms with E-state index in [0.29, 0.717) is 28.8 Å². The number of anilines is 1. The van der Waals surface area contributed by atoms with Gasteiger partial charge in [0.1, 0.15) is 5.75 Å². The first-order valence-electron chi connectivity index (χ1n) is 12.7. The van der Waals surface area contributed by atoms with Crippen molar-refractivity contribution >= 4 is 68.4 Å². The molecule has 0 aromatic heterocycles. The van der Waals surface area contributed by atoms with Crippen LogP contribution < -0.4 is 4.90 Å². The van der Waals surface area contributed by atoms with Crippen molar-refractivity contribution in [1.29, 1.82) is 0 Å². The number of nitrogens with zero attached hydrogens (tertiary/aromatic N) is 2. The normalized spacial score (nSPS) is 33.7. The number of benzene rings is 2. The minimum Gasteiger partial charge on any atom is -0.507 e. The van der Waals surface area contributed by atoms with E-state index in [2.05, 4.69) is 15.9 Å². The van der Waals surface area contributed by atoms with Gasteiger partial charge in [-0.2, -0.15) is 0 Å². The highest BCUT2D eigenvalue weighted by Crippen LogP contribution is 2.65. The summed E-state index contributed by atoms with van der Waals surface area (Å²) in [4.78, 5) is 53.6. The van der Waals surface area contributed by atoms with Gasteiger partial charge in [0, 0.05) is 5.92 Å². The fourth-order valence-corrected chi connectivity index (χ4v) is 8.54. The third kappa shape index (κ3) is 3.34. The number of imide groups is 2. The van der Waals surface area contributed by atoms with Gasteiger partial charge in [-0.15, -0.1) is 23.2 Å². The Morgan fingerprint density at radius 1 is 0.974 bits per heavy atom. The molecule has 2 aromatic rings. The van der Waals surface area contributed by atoms with Crippen LogP contribution in [0.15, 0.2) is 54.1 Å². The third-order valence-corrected chi connectivity index (χ3v) is 10.8. The van der Waals surface area contributed by atoms with Gasteiger partial charge in [-0.3, -0.25) is 29.0 Å².